The van der Waals surface area contributed by atoms with Crippen LogP contribution >= 0.6 is 22.7 Å². The van der Waals surface area contributed by atoms with Gasteiger partial charge in [-0.2, -0.15) is 5.11 Å². The van der Waals surface area contributed by atoms with E-state index in [1.165, 1.54) is 11.3 Å². The summed E-state index contributed by atoms with van der Waals surface area (Å²) in [5, 5.41) is 24.8. The van der Waals surface area contributed by atoms with Crippen molar-refractivity contribution in [1.29, 1.82) is 5.53 Å². The van der Waals surface area contributed by atoms with Gasteiger partial charge in [0, 0.05) is 69.2 Å². The molecule has 0 spiro atoms. The van der Waals surface area contributed by atoms with Crippen LogP contribution in [0.15, 0.2) is 76.6 Å². The van der Waals surface area contributed by atoms with Crippen LogP contribution < -0.4 is 31.9 Å². The van der Waals surface area contributed by atoms with Gasteiger partial charge >= 0.3 is 0 Å². The molecule has 2 fully saturated rings. The van der Waals surface area contributed by atoms with Gasteiger partial charge in [0.1, 0.15) is 30.2 Å². The second-order valence-corrected chi connectivity index (χ2v) is 21.5. The van der Waals surface area contributed by atoms with Crippen LogP contribution in [0.3, 0.4) is 0 Å². The number of hydrogen-bond acceptors (Lipinski definition) is 18. The Hall–Kier alpha value is -5.75. The zero-order valence-electron chi connectivity index (χ0n) is 43.9. The number of carbonyl (C=O) groups is 4. The third-order valence-corrected chi connectivity index (χ3v) is 14.7. The fourth-order valence-electron chi connectivity index (χ4n) is 9.01. The molecule has 22 heteroatoms. The van der Waals surface area contributed by atoms with Crippen LogP contribution in [0.4, 0.5) is 10.9 Å². The molecule has 408 valence electrons. The molecule has 1 aliphatic carbocycles. The molecule has 75 heavy (non-hydrogen) atoms. The highest BCUT2D eigenvalue weighted by atomic mass is 32.1. The largest absolute Gasteiger partial charge is 0.388 e. The summed E-state index contributed by atoms with van der Waals surface area (Å²) in [6.45, 7) is 12.5. The molecule has 1 aliphatic heterocycles. The van der Waals surface area contributed by atoms with E-state index in [9.17, 15) is 19.2 Å². The highest BCUT2D eigenvalue weighted by Crippen LogP contribution is 2.39. The molecule has 6 rings (SSSR count). The minimum absolute atomic E-state index is 0.0537. The zero-order chi connectivity index (χ0) is 53.3. The molecule has 2 aliphatic rings. The summed E-state index contributed by atoms with van der Waals surface area (Å²) < 4.78 is 22.6. The van der Waals surface area contributed by atoms with Gasteiger partial charge in [0.05, 0.1) is 67.7 Å². The number of nitrogens with one attached hydrogen (secondary N) is 7. The number of rotatable bonds is 32. The maximum atomic E-state index is 13.9. The normalized spacial score (nSPS) is 16.0. The highest BCUT2D eigenvalue weighted by molar-refractivity contribution is 7.13. The number of nitrogens with zero attached hydrogens (tertiary/aromatic N) is 5. The Labute approximate surface area is 448 Å². The smallest absolute Gasteiger partial charge is 0.246 e. The van der Waals surface area contributed by atoms with Crippen LogP contribution in [-0.2, 0) is 51.1 Å². The zero-order valence-corrected chi connectivity index (χ0v) is 45.5. The predicted octanol–water partition coefficient (Wildman–Crippen LogP) is 6.28. The molecule has 7 N–H and O–H groups in total. The molecule has 4 aromatic rings. The number of likely N-dealkylation sites (tertiary alicyclic amines) is 1. The molecule has 0 radical (unpaired) electrons. The lowest BCUT2D eigenvalue weighted by atomic mass is 9.70. The van der Waals surface area contributed by atoms with Crippen LogP contribution in [0.5, 0.6) is 0 Å². The van der Waals surface area contributed by atoms with Gasteiger partial charge in [-0.1, -0.05) is 70.4 Å². The number of carbonyl (C=O) groups excluding carboxylic acids is 4. The van der Waals surface area contributed by atoms with E-state index in [1.54, 1.807) is 28.6 Å². The number of benzene rings is 1. The number of hydrogen-bond donors (Lipinski definition) is 7. The van der Waals surface area contributed by atoms with E-state index in [1.807, 2.05) is 81.1 Å². The Bertz CT molecular complexity index is 2430. The fourth-order valence-corrected chi connectivity index (χ4v) is 10.4. The number of thiazole rings is 2. The molecule has 0 bridgehead atoms. The van der Waals surface area contributed by atoms with Gasteiger partial charge in [-0.25, -0.2) is 20.5 Å². The summed E-state index contributed by atoms with van der Waals surface area (Å²) in [4.78, 5) is 70.0. The molecule has 2 atom stereocenters. The molecule has 1 saturated heterocycles. The van der Waals surface area contributed by atoms with Crippen molar-refractivity contribution in [2.45, 2.75) is 97.7 Å². The number of aromatic nitrogens is 3. The van der Waals surface area contributed by atoms with E-state index in [2.05, 4.69) is 47.0 Å². The Morgan fingerprint density at radius 1 is 0.867 bits per heavy atom. The minimum Gasteiger partial charge on any atom is -0.388 e. The first-order valence-electron chi connectivity index (χ1n) is 25.9. The number of ether oxygens (including phenoxy) is 4. The summed E-state index contributed by atoms with van der Waals surface area (Å²) in [6, 6.07) is 12.4. The molecular formula is C53H76N12O8S2. The number of anilines is 2. The van der Waals surface area contributed by atoms with E-state index in [-0.39, 0.29) is 37.5 Å². The lowest BCUT2D eigenvalue weighted by Crippen LogP contribution is -2.58. The summed E-state index contributed by atoms with van der Waals surface area (Å²) in [5.41, 5.74) is 12.5. The molecule has 4 heterocycles. The van der Waals surface area contributed by atoms with Crippen molar-refractivity contribution < 1.29 is 38.1 Å². The lowest BCUT2D eigenvalue weighted by molar-refractivity contribution is -0.144. The summed E-state index contributed by atoms with van der Waals surface area (Å²) in [5.74, 6) is -0.131. The Balaban J connectivity index is 0.762. The van der Waals surface area contributed by atoms with Crippen molar-refractivity contribution in [1.82, 2.24) is 46.4 Å². The number of aryl methyl sites for hydroxylation is 1. The van der Waals surface area contributed by atoms with Crippen LogP contribution in [0.1, 0.15) is 82.7 Å². The number of amides is 4. The van der Waals surface area contributed by atoms with Gasteiger partial charge in [-0.15, -0.1) is 22.7 Å². The van der Waals surface area contributed by atoms with Crippen LogP contribution in [0.2, 0.25) is 0 Å². The summed E-state index contributed by atoms with van der Waals surface area (Å²) in [7, 11) is 0. The Kier molecular flexibility index (Phi) is 24.0. The highest BCUT2D eigenvalue weighted by Gasteiger charge is 2.42. The monoisotopic (exact) mass is 1070 g/mol. The predicted molar refractivity (Wildman–Crippen MR) is 289 cm³/mol. The van der Waals surface area contributed by atoms with E-state index < -0.39 is 28.8 Å². The maximum Gasteiger partial charge on any atom is 0.246 e. The van der Waals surface area contributed by atoms with E-state index >= 15 is 0 Å². The summed E-state index contributed by atoms with van der Waals surface area (Å²) >= 11 is 3.10. The van der Waals surface area contributed by atoms with Crippen molar-refractivity contribution in [2.75, 3.05) is 90.9 Å². The van der Waals surface area contributed by atoms with Crippen LogP contribution in [0, 0.1) is 23.3 Å². The van der Waals surface area contributed by atoms with Crippen molar-refractivity contribution >= 4 is 57.3 Å². The average Bonchev–Trinajstić information content (AvgIpc) is 4.21. The van der Waals surface area contributed by atoms with Crippen molar-refractivity contribution in [2.24, 2.45) is 15.9 Å². The topological polar surface area (TPSA) is 255 Å². The molecule has 4 amide bonds. The molecule has 3 aromatic heterocycles. The fraction of sp³-hybridized carbons (Fsp3) is 0.566. The summed E-state index contributed by atoms with van der Waals surface area (Å²) in [6.07, 6.45) is 10.0. The second kappa shape index (κ2) is 30.7. The van der Waals surface area contributed by atoms with Crippen LogP contribution in [0.25, 0.3) is 10.4 Å². The molecular weight excluding hydrogens is 997 g/mol. The van der Waals surface area contributed by atoms with Gasteiger partial charge in [0.25, 0.3) is 0 Å². The lowest BCUT2D eigenvalue weighted by Gasteiger charge is -2.35. The van der Waals surface area contributed by atoms with E-state index in [0.717, 1.165) is 70.4 Å². The minimum atomic E-state index is -0.843. The van der Waals surface area contributed by atoms with Gasteiger partial charge in [-0.05, 0) is 61.3 Å². The molecule has 20 nitrogen and oxygen atoms in total. The SMILES string of the molecule is Cc1ncsc1-c1ccc(CNC(=O)[C@@H]2CCCN2C(=O)C(NC(=O)COCCNCCN/C=C(/COCCOCCOCCNC(=O)C2(Cc3cccc(Nc4nccs4)n3)CCCCC2)N=N)C(C)(C)C)cc1. The average molecular weight is 1070 g/mol. The van der Waals surface area contributed by atoms with Gasteiger partial charge in [0.2, 0.25) is 23.6 Å². The van der Waals surface area contributed by atoms with Gasteiger partial charge in [-0.3, -0.25) is 19.2 Å². The Morgan fingerprint density at radius 2 is 1.61 bits per heavy atom. The molecule has 1 aromatic carbocycles. The first kappa shape index (κ1) is 58.5. The van der Waals surface area contributed by atoms with Gasteiger partial charge < -0.3 is 55.7 Å². The van der Waals surface area contributed by atoms with Crippen molar-refractivity contribution in [3.63, 3.8) is 0 Å². The third-order valence-electron chi connectivity index (χ3n) is 13.0. The third kappa shape index (κ3) is 19.1. The van der Waals surface area contributed by atoms with Crippen molar-refractivity contribution in [3.05, 3.63) is 88.4 Å². The van der Waals surface area contributed by atoms with E-state index in [0.29, 0.717) is 97.3 Å². The second-order valence-electron chi connectivity index (χ2n) is 19.8. The maximum absolute atomic E-state index is 13.9. The first-order chi connectivity index (χ1) is 36.3. The molecule has 1 unspecified atom stereocenters. The Morgan fingerprint density at radius 3 is 2.33 bits per heavy atom. The number of pyridine rings is 1. The standard InChI is InChI=1S/C53H76N12O8S2/c1-38-46(75-37-60-38)40-15-13-39(14-16-40)33-59-48(67)43-11-9-24-65(43)49(68)47(52(2,3)4)63-45(66)36-72-25-21-55-19-20-56-34-42(64-54)35-73-30-29-71-28-27-70-26-22-57-50(69)53(17-6-5-7-18-53)32-41-10-8-12-44(61-41)62-51-58-23-31-74-51/h8,10,12-16,23,31,34,37,43,47,54-56H,5-7,9,11,17-22,24-30,32-33,35-36H2,1-4H3,(H,57,69)(H,59,67)(H,63,66)(H,58,61,62)/b42-34-,64-54?/t43-,47?/m0/s1. The van der Waals surface area contributed by atoms with Gasteiger partial charge in [0.15, 0.2) is 5.13 Å². The van der Waals surface area contributed by atoms with E-state index in [4.69, 9.17) is 29.5 Å². The molecule has 1 saturated carbocycles. The first-order valence-corrected chi connectivity index (χ1v) is 27.7. The van der Waals surface area contributed by atoms with Crippen LogP contribution in [-0.4, -0.2) is 141 Å². The quantitative estimate of drug-likeness (QED) is 0.0210. The van der Waals surface area contributed by atoms with Crippen molar-refractivity contribution in [3.8, 4) is 10.4 Å².